The van der Waals surface area contributed by atoms with Gasteiger partial charge in [0.05, 0.1) is 0 Å². The van der Waals surface area contributed by atoms with E-state index >= 15 is 0 Å². The fourth-order valence-corrected chi connectivity index (χ4v) is 0. The first-order chi connectivity index (χ1) is 0. The molecule has 0 heterocycles. The first-order valence-electron chi connectivity index (χ1n) is 0. The molecule has 9 heavy (non-hydrogen) atoms. The van der Waals surface area contributed by atoms with Gasteiger partial charge in [-0.05, 0) is 0 Å². The zero-order chi connectivity index (χ0) is 0. The Kier molecular flexibility index (Phi) is 4270. The molecule has 0 aromatic rings. The molecular formula is O5Pd2V2-10. The maximum atomic E-state index is 0. The van der Waals surface area contributed by atoms with Gasteiger partial charge in [-0.1, -0.05) is 0 Å². The fraction of sp³-hybridized carbons (Fsp3) is 0. The summed E-state index contributed by atoms with van der Waals surface area (Å²) in [5.41, 5.74) is 0. The Morgan fingerprint density at radius 2 is 0.333 bits per heavy atom. The first kappa shape index (κ1) is 227. The molecule has 5 nitrogen and oxygen atoms in total. The summed E-state index contributed by atoms with van der Waals surface area (Å²) in [6, 6.07) is 0. The third-order valence-corrected chi connectivity index (χ3v) is 0. The topological polar surface area (TPSA) is 142 Å². The zero-order valence-electron chi connectivity index (χ0n) is 3.57. The van der Waals surface area contributed by atoms with Crippen LogP contribution in [0.1, 0.15) is 0 Å². The van der Waals surface area contributed by atoms with E-state index in [9.17, 15) is 0 Å². The largest absolute Gasteiger partial charge is 2.00 e. The van der Waals surface area contributed by atoms with E-state index in [1.165, 1.54) is 0 Å². The van der Waals surface area contributed by atoms with Gasteiger partial charge in [-0.3, -0.25) is 0 Å². The Balaban J connectivity index is 0. The van der Waals surface area contributed by atoms with Crippen LogP contribution in [0.3, 0.4) is 0 Å². The molecular weight excluding hydrogens is 395 g/mol. The minimum Gasteiger partial charge on any atom is -2.00 e. The molecule has 0 rings (SSSR count). The standard InChI is InChI=1S/5O.2Pd.2V/q5*-2;;;;. The maximum absolute atomic E-state index is 0. The molecule has 0 aliphatic rings. The molecule has 9 heteroatoms. The Morgan fingerprint density at radius 3 is 0.333 bits per heavy atom. The van der Waals surface area contributed by atoms with Crippen LogP contribution in [0.4, 0.5) is 0 Å². The molecule has 0 aromatic carbocycles. The molecule has 0 aliphatic carbocycles. The van der Waals surface area contributed by atoms with Gasteiger partial charge in [0.1, 0.15) is 0 Å². The van der Waals surface area contributed by atoms with Gasteiger partial charge in [0.25, 0.3) is 0 Å². The summed E-state index contributed by atoms with van der Waals surface area (Å²) in [7, 11) is 0. The Bertz CT molecular complexity index is 12.9. The summed E-state index contributed by atoms with van der Waals surface area (Å²) in [6.45, 7) is 0. The quantitative estimate of drug-likeness (QED) is 0.483. The number of rotatable bonds is 0. The fourth-order valence-electron chi connectivity index (χ4n) is 0. The summed E-state index contributed by atoms with van der Waals surface area (Å²) in [5, 5.41) is 0. The normalized spacial score (nSPS) is 0. The van der Waals surface area contributed by atoms with Crippen LogP contribution >= 0.6 is 0 Å². The second kappa shape index (κ2) is 169. The van der Waals surface area contributed by atoms with Crippen LogP contribution in [-0.2, 0) is 105 Å². The van der Waals surface area contributed by atoms with Gasteiger partial charge in [-0.2, -0.15) is 0 Å². The summed E-state index contributed by atoms with van der Waals surface area (Å²) < 4.78 is 0. The summed E-state index contributed by atoms with van der Waals surface area (Å²) in [6.07, 6.45) is 0. The van der Waals surface area contributed by atoms with E-state index in [2.05, 4.69) is 0 Å². The number of hydrogen-bond acceptors (Lipinski definition) is 0. The third-order valence-electron chi connectivity index (χ3n) is 0. The van der Waals surface area contributed by atoms with Crippen molar-refractivity contribution in [2.75, 3.05) is 0 Å². The summed E-state index contributed by atoms with van der Waals surface area (Å²) in [4.78, 5) is 0. The van der Waals surface area contributed by atoms with Crippen LogP contribution in [0.25, 0.3) is 0 Å². The van der Waals surface area contributed by atoms with Gasteiger partial charge >= 0.3 is 0 Å². The van der Waals surface area contributed by atoms with E-state index in [-0.39, 0.29) is 105 Å². The predicted molar refractivity (Wildman–Crippen MR) is 3.43 cm³/mol. The minimum absolute atomic E-state index is 0. The van der Waals surface area contributed by atoms with Crippen molar-refractivity contribution < 1.29 is 105 Å². The second-order valence-electron chi connectivity index (χ2n) is 0. The van der Waals surface area contributed by atoms with Crippen molar-refractivity contribution in [2.24, 2.45) is 0 Å². The molecule has 0 aliphatic heterocycles. The van der Waals surface area contributed by atoms with Crippen molar-refractivity contribution in [2.45, 2.75) is 0 Å². The van der Waals surface area contributed by atoms with Crippen LogP contribution in [0, 0.1) is 0 Å². The molecule has 0 unspecified atom stereocenters. The molecule has 0 saturated heterocycles. The van der Waals surface area contributed by atoms with Crippen molar-refractivity contribution in [3.8, 4) is 0 Å². The molecule has 0 amide bonds. The van der Waals surface area contributed by atoms with E-state index in [1.54, 1.807) is 0 Å². The van der Waals surface area contributed by atoms with Crippen molar-refractivity contribution in [3.63, 3.8) is 0 Å². The van der Waals surface area contributed by atoms with E-state index in [4.69, 9.17) is 0 Å². The van der Waals surface area contributed by atoms with E-state index in [0.29, 0.717) is 0 Å². The molecule has 0 spiro atoms. The second-order valence-corrected chi connectivity index (χ2v) is 0. The van der Waals surface area contributed by atoms with Crippen LogP contribution in [0.2, 0.25) is 0 Å². The third kappa shape index (κ3) is 135. The molecule has 0 atom stereocenters. The number of hydrogen-bond donors (Lipinski definition) is 0. The average Bonchev–Trinajstić information content (AvgIpc) is 0. The molecule has 0 bridgehead atoms. The maximum Gasteiger partial charge on any atom is 0 e. The molecule has 0 fully saturated rings. The Morgan fingerprint density at radius 1 is 0.333 bits per heavy atom. The van der Waals surface area contributed by atoms with Gasteiger partial charge in [0.15, 0.2) is 0 Å². The Hall–Kier alpha value is 2.29. The summed E-state index contributed by atoms with van der Waals surface area (Å²) >= 11 is 0. The first-order valence-corrected chi connectivity index (χ1v) is 0. The Labute approximate surface area is 104 Å². The molecule has 0 aromatic heterocycles. The zero-order valence-corrected chi connectivity index (χ0v) is 9.47. The SMILES string of the molecule is [O-2].[O-2].[O-2].[O-2].[O-2].[Pd].[Pd].[V].[V]. The van der Waals surface area contributed by atoms with Gasteiger partial charge in [-0.25, -0.2) is 0 Å². The molecule has 0 N–H and O–H groups in total. The van der Waals surface area contributed by atoms with Gasteiger partial charge in [0, 0.05) is 78.0 Å². The minimum atomic E-state index is 0. The monoisotopic (exact) mass is 394 g/mol. The smallest absolute Gasteiger partial charge is 0 e. The average molecular weight is 395 g/mol. The molecule has 0 saturated carbocycles. The molecule has 70 valence electrons. The van der Waals surface area contributed by atoms with E-state index < -0.39 is 0 Å². The summed E-state index contributed by atoms with van der Waals surface area (Å²) in [5.74, 6) is 0. The van der Waals surface area contributed by atoms with Crippen LogP contribution in [0.15, 0.2) is 0 Å². The van der Waals surface area contributed by atoms with Crippen molar-refractivity contribution in [3.05, 3.63) is 0 Å². The van der Waals surface area contributed by atoms with Gasteiger partial charge in [0.2, 0.25) is 0 Å². The van der Waals surface area contributed by atoms with Crippen molar-refractivity contribution in [1.29, 1.82) is 0 Å². The van der Waals surface area contributed by atoms with E-state index in [1.807, 2.05) is 0 Å². The van der Waals surface area contributed by atoms with Crippen molar-refractivity contribution in [1.82, 2.24) is 0 Å². The predicted octanol–water partition coefficient (Wildman–Crippen LogP) is -0.604. The van der Waals surface area contributed by atoms with E-state index in [0.717, 1.165) is 0 Å². The van der Waals surface area contributed by atoms with Crippen LogP contribution in [-0.4, -0.2) is 0 Å². The van der Waals surface area contributed by atoms with Gasteiger partial charge in [-0.15, -0.1) is 0 Å². The van der Waals surface area contributed by atoms with Gasteiger partial charge < -0.3 is 27.4 Å². The molecule has 2 radical (unpaired) electrons. The van der Waals surface area contributed by atoms with Crippen molar-refractivity contribution >= 4 is 0 Å². The van der Waals surface area contributed by atoms with Crippen LogP contribution in [0.5, 0.6) is 0 Å². The van der Waals surface area contributed by atoms with Crippen LogP contribution < -0.4 is 0 Å².